The van der Waals surface area contributed by atoms with Crippen molar-refractivity contribution in [2.24, 2.45) is 5.11 Å². The molecule has 3 fully saturated rings. The van der Waals surface area contributed by atoms with Crippen LogP contribution in [0, 0.1) is 0 Å². The molecule has 2 aliphatic heterocycles. The van der Waals surface area contributed by atoms with E-state index in [1.54, 1.807) is 6.08 Å². The standard InChI is InChI=1S/C84H89N3O15/c1-2-48-90-79-77(95-55-65-40-22-8-23-41-65)76(94-54-64-38-20-7-21-39-64)78(96-56-66-42-24-9-25-43-66)80(97-57-67-44-26-10-27-45-67)81(79)102-83-71(86-87-85)74(92-52-62-34-16-5-17-35-62)73(70(100-83)59-89-50-60-30-12-3-13-31-60)101-84-82(98-58-68-46-28-11-29-47-68)75(93-53-63-36-18-6-19-37-63)72(69(49-88)99-84)91-51-61-32-14-4-15-33-61/h2-47,69-84,88H,1,48-59H2/t69-,70-,71-,72-,73-,74-,75+,76+,77-,78-,79-,80+,81+,82+,83-,84-/m1/s1. The van der Waals surface area contributed by atoms with Gasteiger partial charge in [0.15, 0.2) is 12.6 Å². The molecule has 102 heavy (non-hydrogen) atoms. The SMILES string of the molecule is C=CCO[C@@H]1[C@H](OCc2ccccc2)[C@H](OCc2ccccc2)[C@@H](OCc2ccccc2)[C@H](OCc2ccccc2)[C@H]1O[C@H]1O[C@H](COCc2ccccc2)[C@@H](O[C@H]2O[C@H](CO)[C@@H](OCc3ccccc3)[C@H](OCc3ccccc3)[C@@H]2OCc2ccccc2)[C@H](OCc2ccccc2)[C@H]1N=[N+]=[N-]. The summed E-state index contributed by atoms with van der Waals surface area (Å²) in [5, 5.41) is 16.2. The Labute approximate surface area is 597 Å². The average Bonchev–Trinajstić information content (AvgIpc) is 0.761. The van der Waals surface area contributed by atoms with Gasteiger partial charge < -0.3 is 71.4 Å². The summed E-state index contributed by atoms with van der Waals surface area (Å²) in [6.07, 6.45) is -14.8. The molecule has 1 aliphatic carbocycles. The third kappa shape index (κ3) is 20.6. The number of aliphatic hydroxyl groups is 1. The molecule has 0 bridgehead atoms. The molecule has 0 spiro atoms. The fraction of sp³-hybridized carbons (Fsp3) is 0.333. The van der Waals surface area contributed by atoms with Crippen LogP contribution in [0.3, 0.4) is 0 Å². The Morgan fingerprint density at radius 1 is 0.324 bits per heavy atom. The predicted octanol–water partition coefficient (Wildman–Crippen LogP) is 14.4. The van der Waals surface area contributed by atoms with E-state index in [1.807, 2.05) is 273 Å². The van der Waals surface area contributed by atoms with Gasteiger partial charge in [-0.15, -0.1) is 6.58 Å². The van der Waals surface area contributed by atoms with Gasteiger partial charge in [-0.2, -0.15) is 0 Å². The van der Waals surface area contributed by atoms with Crippen molar-refractivity contribution < 1.29 is 71.4 Å². The molecule has 530 valence electrons. The Balaban J connectivity index is 0.979. The van der Waals surface area contributed by atoms with E-state index in [1.165, 1.54) is 0 Å². The number of benzene rings is 9. The maximum atomic E-state index is 11.6. The molecule has 2 saturated heterocycles. The molecular weight excluding hydrogens is 1290 g/mol. The van der Waals surface area contributed by atoms with Crippen molar-refractivity contribution >= 4 is 0 Å². The molecule has 9 aromatic carbocycles. The van der Waals surface area contributed by atoms with E-state index in [0.717, 1.165) is 50.1 Å². The van der Waals surface area contributed by atoms with Gasteiger partial charge in [0.1, 0.15) is 85.4 Å². The molecule has 0 unspecified atom stereocenters. The van der Waals surface area contributed by atoms with Gasteiger partial charge in [-0.1, -0.05) is 284 Å². The summed E-state index contributed by atoms with van der Waals surface area (Å²) in [5.41, 5.74) is 19.0. The van der Waals surface area contributed by atoms with Crippen molar-refractivity contribution in [1.29, 1.82) is 0 Å². The quantitative estimate of drug-likeness (QED) is 0.0167. The lowest BCUT2D eigenvalue weighted by Crippen LogP contribution is -2.70. The zero-order valence-corrected chi connectivity index (χ0v) is 57.0. The predicted molar refractivity (Wildman–Crippen MR) is 383 cm³/mol. The van der Waals surface area contributed by atoms with E-state index >= 15 is 0 Å². The molecular formula is C84H89N3O15. The van der Waals surface area contributed by atoms with Gasteiger partial charge in [0.05, 0.1) is 79.3 Å². The highest BCUT2D eigenvalue weighted by molar-refractivity contribution is 5.22. The summed E-state index contributed by atoms with van der Waals surface area (Å²) < 4.78 is 101. The smallest absolute Gasteiger partial charge is 0.187 e. The van der Waals surface area contributed by atoms with Crippen LogP contribution in [0.5, 0.6) is 0 Å². The summed E-state index contributed by atoms with van der Waals surface area (Å²) in [6, 6.07) is 86.9. The largest absolute Gasteiger partial charge is 0.394 e. The van der Waals surface area contributed by atoms with Crippen LogP contribution in [0.4, 0.5) is 0 Å². The normalized spacial score (nSPS) is 25.6. The van der Waals surface area contributed by atoms with Crippen LogP contribution in [0.15, 0.2) is 291 Å². The maximum Gasteiger partial charge on any atom is 0.187 e. The zero-order chi connectivity index (χ0) is 69.8. The van der Waals surface area contributed by atoms with Crippen LogP contribution in [0.1, 0.15) is 50.1 Å². The highest BCUT2D eigenvalue weighted by Gasteiger charge is 2.59. The molecule has 0 aromatic heterocycles. The first-order chi connectivity index (χ1) is 50.5. The summed E-state index contributed by atoms with van der Waals surface area (Å²) >= 11 is 0. The molecule has 18 heteroatoms. The minimum absolute atomic E-state index is 0.00656. The van der Waals surface area contributed by atoms with Crippen LogP contribution < -0.4 is 0 Å². The number of hydrogen-bond acceptors (Lipinski definition) is 16. The highest BCUT2D eigenvalue weighted by atomic mass is 16.8. The second kappa shape index (κ2) is 39.2. The molecule has 2 heterocycles. The molecule has 0 radical (unpaired) electrons. The second-order valence-electron chi connectivity index (χ2n) is 25.3. The van der Waals surface area contributed by atoms with Crippen molar-refractivity contribution in [3.63, 3.8) is 0 Å². The van der Waals surface area contributed by atoms with Crippen LogP contribution in [0.25, 0.3) is 10.4 Å². The molecule has 16 atom stereocenters. The number of hydrogen-bond donors (Lipinski definition) is 1. The molecule has 3 aliphatic rings. The van der Waals surface area contributed by atoms with E-state index in [0.29, 0.717) is 0 Å². The first-order valence-electron chi connectivity index (χ1n) is 34.8. The zero-order valence-electron chi connectivity index (χ0n) is 57.0. The molecule has 1 N–H and O–H groups in total. The maximum absolute atomic E-state index is 11.6. The fourth-order valence-electron chi connectivity index (χ4n) is 13.1. The van der Waals surface area contributed by atoms with Crippen LogP contribution in [-0.4, -0.2) is 123 Å². The van der Waals surface area contributed by atoms with Gasteiger partial charge in [0, 0.05) is 4.91 Å². The van der Waals surface area contributed by atoms with Gasteiger partial charge >= 0.3 is 0 Å². The molecule has 18 nitrogen and oxygen atoms in total. The van der Waals surface area contributed by atoms with Crippen LogP contribution in [-0.2, 0) is 126 Å². The monoisotopic (exact) mass is 1380 g/mol. The third-order valence-electron chi connectivity index (χ3n) is 18.2. The van der Waals surface area contributed by atoms with Crippen LogP contribution in [0.2, 0.25) is 0 Å². The van der Waals surface area contributed by atoms with E-state index in [4.69, 9.17) is 66.3 Å². The highest BCUT2D eigenvalue weighted by Crippen LogP contribution is 2.41. The topological polar surface area (TPSA) is 198 Å². The Morgan fingerprint density at radius 2 is 0.598 bits per heavy atom. The van der Waals surface area contributed by atoms with E-state index in [2.05, 4.69) is 16.6 Å². The molecule has 0 amide bonds. The fourth-order valence-corrected chi connectivity index (χ4v) is 13.1. The summed E-state index contributed by atoms with van der Waals surface area (Å²) in [4.78, 5) is 3.55. The summed E-state index contributed by atoms with van der Waals surface area (Å²) in [7, 11) is 0. The van der Waals surface area contributed by atoms with Crippen molar-refractivity contribution in [1.82, 2.24) is 0 Å². The number of azide groups is 1. The van der Waals surface area contributed by atoms with Gasteiger partial charge in [-0.3, -0.25) is 0 Å². The molecule has 1 saturated carbocycles. The second-order valence-corrected chi connectivity index (χ2v) is 25.3. The third-order valence-corrected chi connectivity index (χ3v) is 18.2. The first kappa shape index (κ1) is 73.2. The number of ether oxygens (including phenoxy) is 14. The lowest BCUT2D eigenvalue weighted by molar-refractivity contribution is -0.373. The Morgan fingerprint density at radius 3 is 0.931 bits per heavy atom. The van der Waals surface area contributed by atoms with E-state index in [9.17, 15) is 10.6 Å². The first-order valence-corrected chi connectivity index (χ1v) is 34.8. The van der Waals surface area contributed by atoms with E-state index in [-0.39, 0.29) is 72.7 Å². The van der Waals surface area contributed by atoms with Gasteiger partial charge in [-0.05, 0) is 55.6 Å². The van der Waals surface area contributed by atoms with Gasteiger partial charge in [-0.25, -0.2) is 0 Å². The number of nitrogens with zero attached hydrogens (tertiary/aromatic N) is 3. The minimum Gasteiger partial charge on any atom is -0.394 e. The van der Waals surface area contributed by atoms with Gasteiger partial charge in [0.25, 0.3) is 0 Å². The number of rotatable bonds is 37. The molecule has 9 aromatic rings. The minimum atomic E-state index is -1.49. The van der Waals surface area contributed by atoms with Crippen molar-refractivity contribution in [2.75, 3.05) is 19.8 Å². The lowest BCUT2D eigenvalue weighted by Gasteiger charge is -2.52. The van der Waals surface area contributed by atoms with Crippen molar-refractivity contribution in [3.8, 4) is 0 Å². The molecule has 12 rings (SSSR count). The summed E-state index contributed by atoms with van der Waals surface area (Å²) in [6.45, 7) is 4.65. The summed E-state index contributed by atoms with van der Waals surface area (Å²) in [5.74, 6) is 0. The average molecular weight is 1380 g/mol. The van der Waals surface area contributed by atoms with E-state index < -0.39 is 105 Å². The lowest BCUT2D eigenvalue weighted by atomic mass is 9.83. The van der Waals surface area contributed by atoms with Gasteiger partial charge in [0.2, 0.25) is 0 Å². The Hall–Kier alpha value is -8.57. The Kier molecular flexibility index (Phi) is 28.1. The Bertz CT molecular complexity index is 3860. The number of aliphatic hydroxyl groups excluding tert-OH is 1. The van der Waals surface area contributed by atoms with Crippen molar-refractivity contribution in [2.45, 2.75) is 157 Å². The van der Waals surface area contributed by atoms with Crippen LogP contribution >= 0.6 is 0 Å². The van der Waals surface area contributed by atoms with Crippen molar-refractivity contribution in [3.05, 3.63) is 346 Å².